The highest BCUT2D eigenvalue weighted by atomic mass is 32.2. The van der Waals surface area contributed by atoms with Gasteiger partial charge in [0.25, 0.3) is 0 Å². The van der Waals surface area contributed by atoms with Crippen LogP contribution in [0.4, 0.5) is 5.69 Å². The van der Waals surface area contributed by atoms with Crippen LogP contribution in [-0.4, -0.2) is 25.8 Å². The van der Waals surface area contributed by atoms with Gasteiger partial charge < -0.3 is 5.73 Å². The van der Waals surface area contributed by atoms with Crippen molar-refractivity contribution in [2.45, 2.75) is 51.9 Å². The molecule has 0 bridgehead atoms. The Morgan fingerprint density at radius 2 is 1.76 bits per heavy atom. The number of sulfonamides is 1. The lowest BCUT2D eigenvalue weighted by Gasteiger charge is -2.31. The van der Waals surface area contributed by atoms with Gasteiger partial charge >= 0.3 is 0 Å². The third-order valence-corrected chi connectivity index (χ3v) is 7.00. The van der Waals surface area contributed by atoms with Crippen molar-refractivity contribution in [3.05, 3.63) is 22.8 Å². The first-order chi connectivity index (χ1) is 9.78. The van der Waals surface area contributed by atoms with Gasteiger partial charge in [0, 0.05) is 18.8 Å². The molecule has 0 aliphatic carbocycles. The number of anilines is 1. The van der Waals surface area contributed by atoms with E-state index in [0.717, 1.165) is 30.4 Å². The summed E-state index contributed by atoms with van der Waals surface area (Å²) in [5.41, 5.74) is 8.96. The molecule has 1 aromatic rings. The van der Waals surface area contributed by atoms with Gasteiger partial charge in [-0.1, -0.05) is 13.3 Å². The van der Waals surface area contributed by atoms with Crippen molar-refractivity contribution in [2.24, 2.45) is 5.92 Å². The van der Waals surface area contributed by atoms with Gasteiger partial charge in [-0.15, -0.1) is 0 Å². The molecule has 2 rings (SSSR count). The molecule has 1 aromatic carbocycles. The summed E-state index contributed by atoms with van der Waals surface area (Å²) in [6.07, 6.45) is 3.04. The summed E-state index contributed by atoms with van der Waals surface area (Å²) in [4.78, 5) is 0.412. The Balaban J connectivity index is 2.42. The predicted octanol–water partition coefficient (Wildman–Crippen LogP) is 3.00. The van der Waals surface area contributed by atoms with Gasteiger partial charge in [-0.25, -0.2) is 8.42 Å². The lowest BCUT2D eigenvalue weighted by molar-refractivity contribution is 0.269. The first-order valence-corrected chi connectivity index (χ1v) is 9.09. The van der Waals surface area contributed by atoms with Crippen molar-refractivity contribution in [1.29, 1.82) is 0 Å². The fraction of sp³-hybridized carbons (Fsp3) is 0.625. The predicted molar refractivity (Wildman–Crippen MR) is 86.8 cm³/mol. The number of piperidine rings is 1. The molecule has 1 saturated heterocycles. The SMILES string of the molecule is CCC1CCN(S(=O)(=O)c2c(C)c(C)cc(N)c2C)CC1. The molecule has 0 atom stereocenters. The summed E-state index contributed by atoms with van der Waals surface area (Å²) < 4.78 is 27.6. The van der Waals surface area contributed by atoms with E-state index in [4.69, 9.17) is 5.73 Å². The molecule has 5 heteroatoms. The van der Waals surface area contributed by atoms with E-state index < -0.39 is 10.0 Å². The van der Waals surface area contributed by atoms with E-state index in [-0.39, 0.29) is 0 Å². The zero-order chi connectivity index (χ0) is 15.8. The summed E-state index contributed by atoms with van der Waals surface area (Å²) in [5, 5.41) is 0. The summed E-state index contributed by atoms with van der Waals surface area (Å²) in [6.45, 7) is 8.99. The maximum absolute atomic E-state index is 13.0. The average molecular weight is 310 g/mol. The second kappa shape index (κ2) is 5.97. The monoisotopic (exact) mass is 310 g/mol. The molecule has 2 N–H and O–H groups in total. The Bertz CT molecular complexity index is 604. The average Bonchev–Trinajstić information content (AvgIpc) is 2.45. The Hall–Kier alpha value is -1.07. The van der Waals surface area contributed by atoms with E-state index >= 15 is 0 Å². The van der Waals surface area contributed by atoms with Crippen molar-refractivity contribution in [1.82, 2.24) is 4.31 Å². The highest BCUT2D eigenvalue weighted by Gasteiger charge is 2.32. The third kappa shape index (κ3) is 2.94. The Kier molecular flexibility index (Phi) is 4.63. The fourth-order valence-electron chi connectivity index (χ4n) is 3.12. The van der Waals surface area contributed by atoms with Gasteiger partial charge in [0.2, 0.25) is 10.0 Å². The van der Waals surface area contributed by atoms with E-state index in [0.29, 0.717) is 35.2 Å². The summed E-state index contributed by atoms with van der Waals surface area (Å²) in [6, 6.07) is 1.85. The largest absolute Gasteiger partial charge is 0.398 e. The van der Waals surface area contributed by atoms with Gasteiger partial charge in [0.1, 0.15) is 0 Å². The summed E-state index contributed by atoms with van der Waals surface area (Å²) in [5.74, 6) is 0.654. The maximum Gasteiger partial charge on any atom is 0.243 e. The smallest absolute Gasteiger partial charge is 0.243 e. The van der Waals surface area contributed by atoms with Gasteiger partial charge in [0.15, 0.2) is 0 Å². The molecule has 0 saturated carbocycles. The van der Waals surface area contributed by atoms with Crippen molar-refractivity contribution in [2.75, 3.05) is 18.8 Å². The first kappa shape index (κ1) is 16.3. The van der Waals surface area contributed by atoms with Gasteiger partial charge in [-0.2, -0.15) is 4.31 Å². The van der Waals surface area contributed by atoms with Crippen LogP contribution in [0.3, 0.4) is 0 Å². The normalized spacial score (nSPS) is 18.1. The summed E-state index contributed by atoms with van der Waals surface area (Å²) >= 11 is 0. The lowest BCUT2D eigenvalue weighted by atomic mass is 9.96. The molecule has 0 unspecified atom stereocenters. The van der Waals surface area contributed by atoms with Crippen molar-refractivity contribution in [3.63, 3.8) is 0 Å². The molecule has 4 nitrogen and oxygen atoms in total. The second-order valence-electron chi connectivity index (χ2n) is 6.12. The van der Waals surface area contributed by atoms with Crippen molar-refractivity contribution < 1.29 is 8.42 Å². The zero-order valence-electron chi connectivity index (χ0n) is 13.4. The number of aryl methyl sites for hydroxylation is 1. The van der Waals surface area contributed by atoms with E-state index in [9.17, 15) is 8.42 Å². The molecule has 118 valence electrons. The minimum absolute atomic E-state index is 0.412. The molecule has 0 spiro atoms. The van der Waals surface area contributed by atoms with E-state index in [2.05, 4.69) is 6.92 Å². The van der Waals surface area contributed by atoms with E-state index in [1.54, 1.807) is 11.2 Å². The van der Waals surface area contributed by atoms with Crippen LogP contribution >= 0.6 is 0 Å². The fourth-order valence-corrected chi connectivity index (χ4v) is 5.12. The van der Waals surface area contributed by atoms with Crippen LogP contribution in [0.1, 0.15) is 42.9 Å². The highest BCUT2D eigenvalue weighted by molar-refractivity contribution is 7.89. The molecule has 21 heavy (non-hydrogen) atoms. The minimum atomic E-state index is -3.45. The van der Waals surface area contributed by atoms with Crippen LogP contribution in [-0.2, 0) is 10.0 Å². The van der Waals surface area contributed by atoms with Gasteiger partial charge in [-0.3, -0.25) is 0 Å². The number of hydrogen-bond acceptors (Lipinski definition) is 3. The van der Waals surface area contributed by atoms with Crippen LogP contribution < -0.4 is 5.73 Å². The Morgan fingerprint density at radius 3 is 2.29 bits per heavy atom. The van der Waals surface area contributed by atoms with Crippen LogP contribution in [0.25, 0.3) is 0 Å². The number of rotatable bonds is 3. The molecule has 0 amide bonds. The number of nitrogen functional groups attached to an aromatic ring is 1. The zero-order valence-corrected chi connectivity index (χ0v) is 14.3. The molecule has 1 fully saturated rings. The maximum atomic E-state index is 13.0. The quantitative estimate of drug-likeness (QED) is 0.873. The Labute approximate surface area is 128 Å². The highest BCUT2D eigenvalue weighted by Crippen LogP contribution is 2.32. The number of nitrogens with zero attached hydrogens (tertiary/aromatic N) is 1. The second-order valence-corrected chi connectivity index (χ2v) is 7.99. The molecule has 0 aromatic heterocycles. The van der Waals surface area contributed by atoms with E-state index in [1.165, 1.54) is 0 Å². The Morgan fingerprint density at radius 1 is 1.19 bits per heavy atom. The third-order valence-electron chi connectivity index (χ3n) is 4.83. The summed E-state index contributed by atoms with van der Waals surface area (Å²) in [7, 11) is -3.45. The van der Waals surface area contributed by atoms with Crippen LogP contribution in [0, 0.1) is 26.7 Å². The minimum Gasteiger partial charge on any atom is -0.398 e. The van der Waals surface area contributed by atoms with Crippen LogP contribution in [0.2, 0.25) is 0 Å². The molecule has 1 aliphatic rings. The number of benzene rings is 1. The van der Waals surface area contributed by atoms with Crippen molar-refractivity contribution in [3.8, 4) is 0 Å². The molecular weight excluding hydrogens is 284 g/mol. The molecule has 1 aliphatic heterocycles. The molecular formula is C16H26N2O2S. The number of nitrogens with two attached hydrogens (primary N) is 1. The molecule has 0 radical (unpaired) electrons. The van der Waals surface area contributed by atoms with Crippen LogP contribution in [0.15, 0.2) is 11.0 Å². The first-order valence-electron chi connectivity index (χ1n) is 7.65. The van der Waals surface area contributed by atoms with Gasteiger partial charge in [0.05, 0.1) is 4.90 Å². The lowest BCUT2D eigenvalue weighted by Crippen LogP contribution is -2.39. The van der Waals surface area contributed by atoms with Crippen LogP contribution in [0.5, 0.6) is 0 Å². The molecule has 1 heterocycles. The standard InChI is InChI=1S/C16H26N2O2S/c1-5-14-6-8-18(9-7-14)21(19,20)16-12(3)11(2)10-15(17)13(16)4/h10,14H,5-9,17H2,1-4H3. The van der Waals surface area contributed by atoms with E-state index in [1.807, 2.05) is 19.9 Å². The van der Waals surface area contributed by atoms with Gasteiger partial charge in [-0.05, 0) is 62.3 Å². The topological polar surface area (TPSA) is 63.4 Å². The van der Waals surface area contributed by atoms with Crippen molar-refractivity contribution >= 4 is 15.7 Å². The number of hydrogen-bond donors (Lipinski definition) is 1.